The average molecular weight is 505 g/mol. The van der Waals surface area contributed by atoms with E-state index in [2.05, 4.69) is 16.0 Å². The number of hydrogen-bond donors (Lipinski definition) is 4. The molecule has 0 aliphatic rings. The smallest absolute Gasteiger partial charge is 0.328 e. The second-order valence-electron chi connectivity index (χ2n) is 7.28. The van der Waals surface area contributed by atoms with E-state index in [0.29, 0.717) is 23.4 Å². The Hall–Kier alpha value is -3.63. The van der Waals surface area contributed by atoms with Gasteiger partial charge in [0.1, 0.15) is 5.82 Å². The third-order valence-electron chi connectivity index (χ3n) is 4.70. The van der Waals surface area contributed by atoms with Crippen LogP contribution in [0.1, 0.15) is 11.1 Å². The highest BCUT2D eigenvalue weighted by molar-refractivity contribution is 7.90. The van der Waals surface area contributed by atoms with Gasteiger partial charge in [0.05, 0.1) is 9.92 Å². The maximum absolute atomic E-state index is 13.2. The van der Waals surface area contributed by atoms with Crippen LogP contribution in [0.4, 0.5) is 25.4 Å². The Morgan fingerprint density at radius 1 is 0.912 bits per heavy atom. The molecule has 0 aromatic heterocycles. The Morgan fingerprint density at radius 2 is 1.56 bits per heavy atom. The highest BCUT2D eigenvalue weighted by Gasteiger charge is 2.19. The van der Waals surface area contributed by atoms with Crippen molar-refractivity contribution in [2.45, 2.75) is 18.2 Å². The summed E-state index contributed by atoms with van der Waals surface area (Å²) < 4.78 is 39.9. The van der Waals surface area contributed by atoms with Crippen molar-refractivity contribution in [3.63, 3.8) is 0 Å². The zero-order valence-corrected chi connectivity index (χ0v) is 19.6. The van der Waals surface area contributed by atoms with Gasteiger partial charge < -0.3 is 16.0 Å². The molecule has 4 N–H and O–H groups in total. The summed E-state index contributed by atoms with van der Waals surface area (Å²) in [5, 5.41) is 7.60. The Kier molecular flexibility index (Phi) is 8.08. The quantitative estimate of drug-likeness (QED) is 0.374. The van der Waals surface area contributed by atoms with Crippen LogP contribution < -0.4 is 20.7 Å². The van der Waals surface area contributed by atoms with Gasteiger partial charge in [0.25, 0.3) is 10.0 Å². The molecular formula is C23H22ClFN4O4S. The van der Waals surface area contributed by atoms with Crippen molar-refractivity contribution < 1.29 is 22.4 Å². The lowest BCUT2D eigenvalue weighted by Crippen LogP contribution is -2.40. The molecule has 0 saturated carbocycles. The monoisotopic (exact) mass is 504 g/mol. The fourth-order valence-corrected chi connectivity index (χ4v) is 4.37. The Morgan fingerprint density at radius 3 is 2.24 bits per heavy atom. The molecule has 0 unspecified atom stereocenters. The van der Waals surface area contributed by atoms with Crippen LogP contribution in [-0.4, -0.2) is 27.0 Å². The van der Waals surface area contributed by atoms with E-state index in [0.717, 1.165) is 11.6 Å². The van der Waals surface area contributed by atoms with Gasteiger partial charge in [0, 0.05) is 17.9 Å². The Labute approximate surface area is 201 Å². The zero-order chi connectivity index (χ0) is 24.7. The first-order valence-electron chi connectivity index (χ1n) is 10.1. The first kappa shape index (κ1) is 25.0. The van der Waals surface area contributed by atoms with E-state index >= 15 is 0 Å². The lowest BCUT2D eigenvalue weighted by molar-refractivity contribution is 0.246. The SMILES string of the molecule is Cc1ccccc1S(=O)(=O)NC(=O)NCCc1ccc(NC(=O)Nc2ccc(F)c(Cl)c2)cc1. The van der Waals surface area contributed by atoms with Crippen molar-refractivity contribution >= 4 is 45.1 Å². The van der Waals surface area contributed by atoms with Gasteiger partial charge in [-0.3, -0.25) is 0 Å². The predicted octanol–water partition coefficient (Wildman–Crippen LogP) is 4.66. The second-order valence-corrected chi connectivity index (χ2v) is 9.34. The van der Waals surface area contributed by atoms with Crippen LogP contribution in [0.3, 0.4) is 0 Å². The molecule has 0 aliphatic carbocycles. The van der Waals surface area contributed by atoms with E-state index in [1.54, 1.807) is 49.4 Å². The number of urea groups is 2. The van der Waals surface area contributed by atoms with Crippen LogP contribution in [0.25, 0.3) is 0 Å². The van der Waals surface area contributed by atoms with Crippen molar-refractivity contribution in [2.24, 2.45) is 0 Å². The van der Waals surface area contributed by atoms with Crippen molar-refractivity contribution in [2.75, 3.05) is 17.2 Å². The topological polar surface area (TPSA) is 116 Å². The number of rotatable bonds is 7. The number of benzene rings is 3. The number of aryl methyl sites for hydroxylation is 1. The lowest BCUT2D eigenvalue weighted by atomic mass is 10.1. The summed E-state index contributed by atoms with van der Waals surface area (Å²) in [6.45, 7) is 1.85. The number of sulfonamides is 1. The van der Waals surface area contributed by atoms with E-state index in [-0.39, 0.29) is 16.5 Å². The summed E-state index contributed by atoms with van der Waals surface area (Å²) in [7, 11) is -3.96. The van der Waals surface area contributed by atoms with Crippen LogP contribution in [0, 0.1) is 12.7 Å². The third-order valence-corrected chi connectivity index (χ3v) is 6.48. The molecular weight excluding hydrogens is 483 g/mol. The van der Waals surface area contributed by atoms with Crippen LogP contribution in [0.15, 0.2) is 71.6 Å². The largest absolute Gasteiger partial charge is 0.337 e. The third kappa shape index (κ3) is 6.93. The molecule has 178 valence electrons. The maximum Gasteiger partial charge on any atom is 0.328 e. The number of carbonyl (C=O) groups excluding carboxylic acids is 2. The molecule has 0 spiro atoms. The fourth-order valence-electron chi connectivity index (χ4n) is 3.01. The Bertz CT molecular complexity index is 1300. The minimum Gasteiger partial charge on any atom is -0.337 e. The van der Waals surface area contributed by atoms with Crippen LogP contribution in [0.2, 0.25) is 5.02 Å². The summed E-state index contributed by atoms with van der Waals surface area (Å²) in [6, 6.07) is 15.7. The molecule has 3 aromatic rings. The number of hydrogen-bond acceptors (Lipinski definition) is 4. The highest BCUT2D eigenvalue weighted by atomic mass is 35.5. The molecule has 0 bridgehead atoms. The lowest BCUT2D eigenvalue weighted by Gasteiger charge is -2.11. The molecule has 0 aliphatic heterocycles. The number of carbonyl (C=O) groups is 2. The van der Waals surface area contributed by atoms with Gasteiger partial charge in [-0.05, 0) is 60.9 Å². The van der Waals surface area contributed by atoms with Gasteiger partial charge in [-0.25, -0.2) is 27.1 Å². The molecule has 0 heterocycles. The summed E-state index contributed by atoms with van der Waals surface area (Å²) in [5.41, 5.74) is 2.25. The Balaban J connectivity index is 1.45. The first-order chi connectivity index (χ1) is 16.1. The van der Waals surface area contributed by atoms with Gasteiger partial charge in [0.2, 0.25) is 0 Å². The van der Waals surface area contributed by atoms with Crippen molar-refractivity contribution in [1.29, 1.82) is 0 Å². The zero-order valence-electron chi connectivity index (χ0n) is 18.1. The van der Waals surface area contributed by atoms with Gasteiger partial charge in [-0.15, -0.1) is 0 Å². The van der Waals surface area contributed by atoms with E-state index in [1.165, 1.54) is 18.2 Å². The van der Waals surface area contributed by atoms with Gasteiger partial charge >= 0.3 is 12.1 Å². The maximum atomic E-state index is 13.2. The summed E-state index contributed by atoms with van der Waals surface area (Å²) in [5.74, 6) is -0.580. The minimum absolute atomic E-state index is 0.0415. The molecule has 0 saturated heterocycles. The average Bonchev–Trinajstić information content (AvgIpc) is 2.77. The van der Waals surface area contributed by atoms with Crippen molar-refractivity contribution in [3.05, 3.63) is 88.7 Å². The van der Waals surface area contributed by atoms with Gasteiger partial charge in [0.15, 0.2) is 0 Å². The van der Waals surface area contributed by atoms with Crippen molar-refractivity contribution in [3.8, 4) is 0 Å². The van der Waals surface area contributed by atoms with E-state index < -0.39 is 27.9 Å². The number of halogens is 2. The summed E-state index contributed by atoms with van der Waals surface area (Å²) in [6.07, 6.45) is 0.443. The van der Waals surface area contributed by atoms with Crippen LogP contribution in [-0.2, 0) is 16.4 Å². The molecule has 0 fully saturated rings. The van der Waals surface area contributed by atoms with Crippen LogP contribution in [0.5, 0.6) is 0 Å². The minimum atomic E-state index is -3.96. The van der Waals surface area contributed by atoms with E-state index in [9.17, 15) is 22.4 Å². The second kappa shape index (κ2) is 11.0. The van der Waals surface area contributed by atoms with Gasteiger partial charge in [-0.2, -0.15) is 0 Å². The standard InChI is InChI=1S/C23H22ClFN4O4S/c1-15-4-2-3-5-21(15)34(32,33)29-22(30)26-13-12-16-6-8-17(9-7-16)27-23(31)28-18-10-11-20(25)19(24)14-18/h2-11,14H,12-13H2,1H3,(H2,26,29,30)(H2,27,28,31). The molecule has 34 heavy (non-hydrogen) atoms. The summed E-state index contributed by atoms with van der Waals surface area (Å²) in [4.78, 5) is 24.1. The first-order valence-corrected chi connectivity index (χ1v) is 12.0. The number of amides is 4. The molecule has 3 rings (SSSR count). The van der Waals surface area contributed by atoms with Crippen LogP contribution >= 0.6 is 11.6 Å². The normalized spacial score (nSPS) is 10.9. The molecule has 4 amide bonds. The molecule has 0 radical (unpaired) electrons. The number of anilines is 2. The predicted molar refractivity (Wildman–Crippen MR) is 129 cm³/mol. The molecule has 8 nitrogen and oxygen atoms in total. The fraction of sp³-hybridized carbons (Fsp3) is 0.130. The molecule has 3 aromatic carbocycles. The van der Waals surface area contributed by atoms with Gasteiger partial charge in [-0.1, -0.05) is 41.9 Å². The summed E-state index contributed by atoms with van der Waals surface area (Å²) >= 11 is 5.70. The molecule has 11 heteroatoms. The number of nitrogens with one attached hydrogen (secondary N) is 4. The highest BCUT2D eigenvalue weighted by Crippen LogP contribution is 2.20. The van der Waals surface area contributed by atoms with E-state index in [1.807, 2.05) is 4.72 Å². The van der Waals surface area contributed by atoms with Crippen molar-refractivity contribution in [1.82, 2.24) is 10.0 Å². The van der Waals surface area contributed by atoms with E-state index in [4.69, 9.17) is 11.6 Å². The molecule has 0 atom stereocenters.